The summed E-state index contributed by atoms with van der Waals surface area (Å²) in [7, 11) is 0. The fourth-order valence-corrected chi connectivity index (χ4v) is 3.12. The van der Waals surface area contributed by atoms with Crippen LogP contribution in [0.25, 0.3) is 0 Å². The number of nitrogens with zero attached hydrogens (tertiary/aromatic N) is 2. The van der Waals surface area contributed by atoms with Gasteiger partial charge in [-0.2, -0.15) is 0 Å². The van der Waals surface area contributed by atoms with Crippen molar-refractivity contribution in [3.05, 3.63) is 11.4 Å². The van der Waals surface area contributed by atoms with E-state index in [4.69, 9.17) is 10.7 Å². The van der Waals surface area contributed by atoms with E-state index in [9.17, 15) is 0 Å². The Balaban J connectivity index is 1.70. The third kappa shape index (κ3) is 2.89. The zero-order valence-corrected chi connectivity index (χ0v) is 12.7. The van der Waals surface area contributed by atoms with E-state index in [1.165, 1.54) is 44.9 Å². The van der Waals surface area contributed by atoms with Crippen molar-refractivity contribution >= 4 is 11.6 Å². The molecule has 2 saturated carbocycles. The molecule has 4 nitrogen and oxygen atoms in total. The molecular weight excluding hydrogens is 248 g/mol. The van der Waals surface area contributed by atoms with Gasteiger partial charge in [-0.25, -0.2) is 9.97 Å². The van der Waals surface area contributed by atoms with Gasteiger partial charge >= 0.3 is 0 Å². The maximum absolute atomic E-state index is 6.04. The van der Waals surface area contributed by atoms with Crippen molar-refractivity contribution in [3.63, 3.8) is 0 Å². The van der Waals surface area contributed by atoms with Crippen LogP contribution in [-0.4, -0.2) is 16.0 Å². The molecule has 0 atom stereocenters. The number of anilines is 2. The molecule has 0 radical (unpaired) electrons. The molecule has 0 spiro atoms. The van der Waals surface area contributed by atoms with Crippen LogP contribution in [0.2, 0.25) is 0 Å². The zero-order chi connectivity index (χ0) is 14.1. The summed E-state index contributed by atoms with van der Waals surface area (Å²) in [6.45, 7) is 4.32. The minimum Gasteiger partial charge on any atom is -0.383 e. The van der Waals surface area contributed by atoms with E-state index < -0.39 is 0 Å². The van der Waals surface area contributed by atoms with Crippen LogP contribution in [-0.2, 0) is 0 Å². The molecule has 1 heterocycles. The molecule has 0 unspecified atom stereocenters. The fraction of sp³-hybridized carbons (Fsp3) is 0.750. The Bertz CT molecular complexity index is 474. The second kappa shape index (κ2) is 5.58. The van der Waals surface area contributed by atoms with Crippen molar-refractivity contribution in [1.29, 1.82) is 0 Å². The highest BCUT2D eigenvalue weighted by molar-refractivity contribution is 5.55. The van der Waals surface area contributed by atoms with Crippen LogP contribution in [0.1, 0.15) is 69.2 Å². The quantitative estimate of drug-likeness (QED) is 0.880. The number of hydrogen-bond donors (Lipinski definition) is 2. The first kappa shape index (κ1) is 13.7. The van der Waals surface area contributed by atoms with Crippen molar-refractivity contribution < 1.29 is 0 Å². The van der Waals surface area contributed by atoms with Gasteiger partial charge in [-0.1, -0.05) is 13.3 Å². The van der Waals surface area contributed by atoms with Gasteiger partial charge in [0, 0.05) is 17.5 Å². The molecule has 20 heavy (non-hydrogen) atoms. The largest absolute Gasteiger partial charge is 0.383 e. The van der Waals surface area contributed by atoms with E-state index in [0.717, 1.165) is 23.1 Å². The summed E-state index contributed by atoms with van der Waals surface area (Å²) in [6, 6.07) is 0.554. The van der Waals surface area contributed by atoms with Gasteiger partial charge in [0.1, 0.15) is 17.5 Å². The lowest BCUT2D eigenvalue weighted by Gasteiger charge is -2.29. The first-order valence-electron chi connectivity index (χ1n) is 8.08. The van der Waals surface area contributed by atoms with Gasteiger partial charge in [-0.15, -0.1) is 0 Å². The Hall–Kier alpha value is -1.32. The number of hydrogen-bond acceptors (Lipinski definition) is 4. The lowest BCUT2D eigenvalue weighted by molar-refractivity contribution is 0.329. The highest BCUT2D eigenvalue weighted by atomic mass is 15.1. The summed E-state index contributed by atoms with van der Waals surface area (Å²) in [4.78, 5) is 9.17. The predicted molar refractivity (Wildman–Crippen MR) is 82.8 cm³/mol. The van der Waals surface area contributed by atoms with Crippen LogP contribution in [0.4, 0.5) is 11.6 Å². The van der Waals surface area contributed by atoms with Crippen LogP contribution in [0.5, 0.6) is 0 Å². The highest BCUT2D eigenvalue weighted by Gasteiger charge is 2.28. The van der Waals surface area contributed by atoms with Crippen molar-refractivity contribution in [1.82, 2.24) is 9.97 Å². The van der Waals surface area contributed by atoms with E-state index in [0.29, 0.717) is 17.8 Å². The summed E-state index contributed by atoms with van der Waals surface area (Å²) in [6.07, 6.45) is 8.92. The van der Waals surface area contributed by atoms with Crippen LogP contribution >= 0.6 is 0 Å². The van der Waals surface area contributed by atoms with Crippen LogP contribution in [0, 0.1) is 12.8 Å². The molecule has 110 valence electrons. The molecule has 2 aliphatic rings. The van der Waals surface area contributed by atoms with Gasteiger partial charge < -0.3 is 11.1 Å². The Morgan fingerprint density at radius 1 is 1.10 bits per heavy atom. The molecule has 4 heteroatoms. The SMILES string of the molecule is CCC1CCC(Nc2nc(C3CC3)nc(N)c2C)CC1. The number of nitrogens with two attached hydrogens (primary N) is 1. The topological polar surface area (TPSA) is 63.8 Å². The molecule has 0 amide bonds. The molecule has 3 rings (SSSR count). The van der Waals surface area contributed by atoms with E-state index >= 15 is 0 Å². The van der Waals surface area contributed by atoms with Gasteiger partial charge in [-0.05, 0) is 51.4 Å². The van der Waals surface area contributed by atoms with E-state index in [2.05, 4.69) is 17.2 Å². The summed E-state index contributed by atoms with van der Waals surface area (Å²) >= 11 is 0. The Morgan fingerprint density at radius 3 is 2.40 bits per heavy atom. The number of nitrogens with one attached hydrogen (secondary N) is 1. The minimum atomic E-state index is 0.550. The Morgan fingerprint density at radius 2 is 1.80 bits per heavy atom. The maximum atomic E-state index is 6.04. The third-order valence-electron chi connectivity index (χ3n) is 4.91. The molecule has 2 fully saturated rings. The average molecular weight is 274 g/mol. The predicted octanol–water partition coefficient (Wildman–Crippen LogP) is 3.63. The van der Waals surface area contributed by atoms with Gasteiger partial charge in [0.25, 0.3) is 0 Å². The first-order valence-corrected chi connectivity index (χ1v) is 8.08. The lowest BCUT2D eigenvalue weighted by Crippen LogP contribution is -2.27. The molecule has 1 aromatic heterocycles. The van der Waals surface area contributed by atoms with Crippen molar-refractivity contribution in [2.24, 2.45) is 5.92 Å². The molecule has 2 aliphatic carbocycles. The maximum Gasteiger partial charge on any atom is 0.136 e. The highest BCUT2D eigenvalue weighted by Crippen LogP contribution is 2.39. The van der Waals surface area contributed by atoms with Gasteiger partial charge in [0.2, 0.25) is 0 Å². The summed E-state index contributed by atoms with van der Waals surface area (Å²) < 4.78 is 0. The Kier molecular flexibility index (Phi) is 3.81. The van der Waals surface area contributed by atoms with Crippen molar-refractivity contribution in [2.45, 2.75) is 70.8 Å². The normalized spacial score (nSPS) is 26.5. The monoisotopic (exact) mass is 274 g/mol. The van der Waals surface area contributed by atoms with Crippen LogP contribution < -0.4 is 11.1 Å². The zero-order valence-electron chi connectivity index (χ0n) is 12.7. The molecule has 1 aromatic rings. The number of rotatable bonds is 4. The van der Waals surface area contributed by atoms with Crippen LogP contribution in [0.15, 0.2) is 0 Å². The van der Waals surface area contributed by atoms with E-state index in [1.807, 2.05) is 6.92 Å². The molecule has 0 saturated heterocycles. The smallest absolute Gasteiger partial charge is 0.136 e. The molecule has 3 N–H and O–H groups in total. The van der Waals surface area contributed by atoms with Crippen molar-refractivity contribution in [3.8, 4) is 0 Å². The van der Waals surface area contributed by atoms with Gasteiger partial charge in [0.05, 0.1) is 0 Å². The van der Waals surface area contributed by atoms with E-state index in [-0.39, 0.29) is 0 Å². The first-order chi connectivity index (χ1) is 9.67. The molecule has 0 aromatic carbocycles. The second-order valence-electron chi connectivity index (χ2n) is 6.49. The fourth-order valence-electron chi connectivity index (χ4n) is 3.12. The Labute approximate surface area is 121 Å². The molecule has 0 aliphatic heterocycles. The van der Waals surface area contributed by atoms with Gasteiger partial charge in [0.15, 0.2) is 0 Å². The van der Waals surface area contributed by atoms with Crippen LogP contribution in [0.3, 0.4) is 0 Å². The summed E-state index contributed by atoms with van der Waals surface area (Å²) in [5.74, 6) is 4.03. The van der Waals surface area contributed by atoms with Gasteiger partial charge in [-0.3, -0.25) is 0 Å². The second-order valence-corrected chi connectivity index (χ2v) is 6.49. The number of aromatic nitrogens is 2. The lowest BCUT2D eigenvalue weighted by atomic mass is 9.84. The summed E-state index contributed by atoms with van der Waals surface area (Å²) in [5.41, 5.74) is 7.05. The van der Waals surface area contributed by atoms with Crippen molar-refractivity contribution in [2.75, 3.05) is 11.1 Å². The number of nitrogen functional groups attached to an aromatic ring is 1. The third-order valence-corrected chi connectivity index (χ3v) is 4.91. The standard InChI is InChI=1S/C16H26N4/c1-3-11-4-8-13(9-5-11)18-15-10(2)14(17)19-16(20-15)12-6-7-12/h11-13H,3-9H2,1-2H3,(H3,17,18,19,20). The molecular formula is C16H26N4. The summed E-state index contributed by atoms with van der Waals surface area (Å²) in [5, 5.41) is 3.63. The molecule has 0 bridgehead atoms. The van der Waals surface area contributed by atoms with E-state index in [1.54, 1.807) is 0 Å². The minimum absolute atomic E-state index is 0.550. The average Bonchev–Trinajstić information content (AvgIpc) is 3.29.